The summed E-state index contributed by atoms with van der Waals surface area (Å²) in [7, 11) is 0. The van der Waals surface area contributed by atoms with E-state index in [9.17, 15) is 9.59 Å². The van der Waals surface area contributed by atoms with Crippen LogP contribution in [0.25, 0.3) is 0 Å². The number of carbonyl (C=O) groups excluding carboxylic acids is 2. The summed E-state index contributed by atoms with van der Waals surface area (Å²) in [6.45, 7) is 7.73. The fourth-order valence-corrected chi connectivity index (χ4v) is 1.34. The lowest BCUT2D eigenvalue weighted by Crippen LogP contribution is -2.49. The first-order valence-electron chi connectivity index (χ1n) is 4.48. The molecule has 3 nitrogen and oxygen atoms in total. The van der Waals surface area contributed by atoms with Gasteiger partial charge in [-0.25, -0.2) is 0 Å². The van der Waals surface area contributed by atoms with Gasteiger partial charge < -0.3 is 4.74 Å². The van der Waals surface area contributed by atoms with Crippen molar-refractivity contribution in [3.8, 4) is 0 Å². The van der Waals surface area contributed by atoms with Gasteiger partial charge in [0.05, 0.1) is 0 Å². The van der Waals surface area contributed by atoms with E-state index in [4.69, 9.17) is 4.74 Å². The largest absolute Gasteiger partial charge is 0.458 e. The highest BCUT2D eigenvalue weighted by Gasteiger charge is 2.46. The molecule has 0 aromatic heterocycles. The van der Waals surface area contributed by atoms with Crippen LogP contribution in [0, 0.1) is 5.41 Å². The lowest BCUT2D eigenvalue weighted by Gasteiger charge is -2.42. The predicted octanol–water partition coefficient (Wildman–Crippen LogP) is 1.70. The highest BCUT2D eigenvalue weighted by atomic mass is 16.6. The normalized spacial score (nSPS) is 30.2. The first-order valence-corrected chi connectivity index (χ1v) is 4.48. The Morgan fingerprint density at radius 1 is 1.31 bits per heavy atom. The molecular formula is C10H16O3. The van der Waals surface area contributed by atoms with Gasteiger partial charge in [-0.3, -0.25) is 9.59 Å². The first-order chi connectivity index (χ1) is 5.74. The van der Waals surface area contributed by atoms with Gasteiger partial charge in [-0.1, -0.05) is 20.8 Å². The summed E-state index contributed by atoms with van der Waals surface area (Å²) < 4.78 is 5.25. The highest BCUT2D eigenvalue weighted by Crippen LogP contribution is 2.39. The summed E-state index contributed by atoms with van der Waals surface area (Å²) in [5.41, 5.74) is -0.835. The Bertz CT molecular complexity index is 231. The quantitative estimate of drug-likeness (QED) is 0.425. The number of carbonyl (C=O) groups is 2. The van der Waals surface area contributed by atoms with Crippen LogP contribution < -0.4 is 0 Å². The van der Waals surface area contributed by atoms with Crippen LogP contribution in [0.3, 0.4) is 0 Å². The van der Waals surface area contributed by atoms with Gasteiger partial charge >= 0.3 is 5.97 Å². The fourth-order valence-electron chi connectivity index (χ4n) is 1.34. The molecule has 3 heteroatoms. The van der Waals surface area contributed by atoms with Crippen molar-refractivity contribution < 1.29 is 14.3 Å². The van der Waals surface area contributed by atoms with E-state index >= 15 is 0 Å². The molecule has 1 heterocycles. The molecule has 1 aliphatic rings. The zero-order valence-corrected chi connectivity index (χ0v) is 8.64. The Kier molecular flexibility index (Phi) is 2.22. The summed E-state index contributed by atoms with van der Waals surface area (Å²) in [6.07, 6.45) is 0.272. The number of cyclic esters (lactones) is 1. The van der Waals surface area contributed by atoms with E-state index in [1.807, 2.05) is 27.7 Å². The van der Waals surface area contributed by atoms with Gasteiger partial charge in [-0.15, -0.1) is 0 Å². The molecular weight excluding hydrogens is 168 g/mol. The minimum Gasteiger partial charge on any atom is -0.458 e. The fraction of sp³-hybridized carbons (Fsp3) is 0.800. The third-order valence-corrected chi connectivity index (χ3v) is 2.80. The van der Waals surface area contributed by atoms with Crippen molar-refractivity contribution in [2.24, 2.45) is 5.41 Å². The van der Waals surface area contributed by atoms with E-state index in [0.717, 1.165) is 0 Å². The molecule has 0 bridgehead atoms. The van der Waals surface area contributed by atoms with E-state index in [1.54, 1.807) is 0 Å². The van der Waals surface area contributed by atoms with Crippen molar-refractivity contribution in [2.75, 3.05) is 0 Å². The predicted molar refractivity (Wildman–Crippen MR) is 48.2 cm³/mol. The number of hydrogen-bond acceptors (Lipinski definition) is 3. The molecule has 0 aromatic carbocycles. The summed E-state index contributed by atoms with van der Waals surface area (Å²) in [5.74, 6) is -0.414. The monoisotopic (exact) mass is 184 g/mol. The maximum atomic E-state index is 11.2. The molecule has 1 aliphatic heterocycles. The summed E-state index contributed by atoms with van der Waals surface area (Å²) in [4.78, 5) is 22.3. The van der Waals surface area contributed by atoms with Gasteiger partial charge in [-0.2, -0.15) is 0 Å². The Morgan fingerprint density at radius 2 is 1.85 bits per heavy atom. The Labute approximate surface area is 78.5 Å². The average Bonchev–Trinajstić information content (AvgIpc) is 1.79. The van der Waals surface area contributed by atoms with Crippen LogP contribution in [0.5, 0.6) is 0 Å². The number of esters is 1. The van der Waals surface area contributed by atoms with E-state index in [0.29, 0.717) is 6.42 Å². The van der Waals surface area contributed by atoms with Crippen LogP contribution in [0.2, 0.25) is 0 Å². The molecule has 0 N–H and O–H groups in total. The van der Waals surface area contributed by atoms with E-state index in [-0.39, 0.29) is 17.6 Å². The molecule has 1 unspecified atom stereocenters. The zero-order valence-electron chi connectivity index (χ0n) is 8.64. The Morgan fingerprint density at radius 3 is 2.23 bits per heavy atom. The van der Waals surface area contributed by atoms with E-state index in [1.165, 1.54) is 0 Å². The molecule has 0 spiro atoms. The average molecular weight is 184 g/mol. The van der Waals surface area contributed by atoms with Crippen LogP contribution in [-0.4, -0.2) is 17.4 Å². The van der Waals surface area contributed by atoms with Crippen LogP contribution in [0.1, 0.15) is 40.5 Å². The van der Waals surface area contributed by atoms with Crippen molar-refractivity contribution in [2.45, 2.75) is 46.1 Å². The second-order valence-corrected chi connectivity index (χ2v) is 4.85. The van der Waals surface area contributed by atoms with E-state index in [2.05, 4.69) is 0 Å². The van der Waals surface area contributed by atoms with Crippen molar-refractivity contribution >= 4 is 11.8 Å². The summed E-state index contributed by atoms with van der Waals surface area (Å²) in [6, 6.07) is 0. The van der Waals surface area contributed by atoms with Crippen LogP contribution >= 0.6 is 0 Å². The number of ketones is 1. The van der Waals surface area contributed by atoms with Crippen molar-refractivity contribution in [1.29, 1.82) is 0 Å². The maximum absolute atomic E-state index is 11.2. The Hall–Kier alpha value is -0.860. The SMILES string of the molecule is CC(C)(C)C1(C)CC(=O)CC(=O)O1. The minimum atomic E-state index is -0.639. The van der Waals surface area contributed by atoms with Gasteiger partial charge in [0.25, 0.3) is 0 Å². The zero-order chi connectivity index (χ0) is 10.3. The summed E-state index contributed by atoms with van der Waals surface area (Å²) in [5, 5.41) is 0. The van der Waals surface area contributed by atoms with Gasteiger partial charge in [0.2, 0.25) is 0 Å². The first kappa shape index (κ1) is 10.2. The number of rotatable bonds is 0. The van der Waals surface area contributed by atoms with Gasteiger partial charge in [0.1, 0.15) is 17.8 Å². The van der Waals surface area contributed by atoms with Crippen LogP contribution in [-0.2, 0) is 14.3 Å². The highest BCUT2D eigenvalue weighted by molar-refractivity contribution is 5.98. The molecule has 1 saturated heterocycles. The molecule has 0 saturated carbocycles. The second-order valence-electron chi connectivity index (χ2n) is 4.85. The Balaban J connectivity index is 2.91. The third kappa shape index (κ3) is 1.90. The number of ether oxygens (including phenoxy) is 1. The lowest BCUT2D eigenvalue weighted by molar-refractivity contribution is -0.181. The topological polar surface area (TPSA) is 43.4 Å². The molecule has 1 rings (SSSR count). The van der Waals surface area contributed by atoms with Gasteiger partial charge in [0, 0.05) is 11.8 Å². The molecule has 1 fully saturated rings. The van der Waals surface area contributed by atoms with Gasteiger partial charge in [0.15, 0.2) is 0 Å². The van der Waals surface area contributed by atoms with Crippen LogP contribution in [0.4, 0.5) is 0 Å². The van der Waals surface area contributed by atoms with Gasteiger partial charge in [-0.05, 0) is 6.92 Å². The molecule has 13 heavy (non-hydrogen) atoms. The standard InChI is InChI=1S/C10H16O3/c1-9(2,3)10(4)6-7(11)5-8(12)13-10/h5-6H2,1-4H3. The van der Waals surface area contributed by atoms with Crippen molar-refractivity contribution in [1.82, 2.24) is 0 Å². The minimum absolute atomic E-state index is 0.0197. The number of hydrogen-bond donors (Lipinski definition) is 0. The molecule has 0 aromatic rings. The smallest absolute Gasteiger partial charge is 0.313 e. The number of Topliss-reactive ketones (excluding diaryl/α,β-unsaturated/α-hetero) is 1. The second kappa shape index (κ2) is 2.82. The molecule has 74 valence electrons. The van der Waals surface area contributed by atoms with E-state index < -0.39 is 11.6 Å². The summed E-state index contributed by atoms with van der Waals surface area (Å²) >= 11 is 0. The van der Waals surface area contributed by atoms with Crippen molar-refractivity contribution in [3.63, 3.8) is 0 Å². The molecule has 0 radical (unpaired) electrons. The molecule has 0 amide bonds. The molecule has 0 aliphatic carbocycles. The maximum Gasteiger partial charge on any atom is 0.313 e. The third-order valence-electron chi connectivity index (χ3n) is 2.80. The lowest BCUT2D eigenvalue weighted by atomic mass is 9.73. The van der Waals surface area contributed by atoms with Crippen molar-refractivity contribution in [3.05, 3.63) is 0 Å². The van der Waals surface area contributed by atoms with Crippen LogP contribution in [0.15, 0.2) is 0 Å². The molecule has 1 atom stereocenters.